The van der Waals surface area contributed by atoms with Gasteiger partial charge in [0, 0.05) is 6.54 Å². The summed E-state index contributed by atoms with van der Waals surface area (Å²) in [5.74, 6) is 0.900. The fraction of sp³-hybridized carbons (Fsp3) is 0.571. The Kier molecular flexibility index (Phi) is 8.33. The standard InChI is InChI=1S/C14H23NO2/c1-2-3-9-15-10-11-16-12-13-17-14-7-5-4-6-8-14/h4-8,15H,2-3,9-13H2,1H3. The Morgan fingerprint density at radius 1 is 1.00 bits per heavy atom. The summed E-state index contributed by atoms with van der Waals surface area (Å²) >= 11 is 0. The van der Waals surface area contributed by atoms with Gasteiger partial charge < -0.3 is 14.8 Å². The quantitative estimate of drug-likeness (QED) is 0.634. The zero-order valence-corrected chi connectivity index (χ0v) is 10.7. The van der Waals surface area contributed by atoms with E-state index in [1.165, 1.54) is 12.8 Å². The predicted molar refractivity (Wildman–Crippen MR) is 70.5 cm³/mol. The minimum atomic E-state index is 0.610. The largest absolute Gasteiger partial charge is 0.491 e. The van der Waals surface area contributed by atoms with Gasteiger partial charge in [-0.25, -0.2) is 0 Å². The third-order valence-corrected chi connectivity index (χ3v) is 2.37. The van der Waals surface area contributed by atoms with E-state index in [-0.39, 0.29) is 0 Å². The molecule has 1 N–H and O–H groups in total. The average molecular weight is 237 g/mol. The van der Waals surface area contributed by atoms with Crippen molar-refractivity contribution in [3.63, 3.8) is 0 Å². The smallest absolute Gasteiger partial charge is 0.119 e. The van der Waals surface area contributed by atoms with Crippen LogP contribution < -0.4 is 10.1 Å². The highest BCUT2D eigenvalue weighted by atomic mass is 16.5. The van der Waals surface area contributed by atoms with Crippen LogP contribution in [0.1, 0.15) is 19.8 Å². The molecule has 96 valence electrons. The number of unbranched alkanes of at least 4 members (excludes halogenated alkanes) is 1. The van der Waals surface area contributed by atoms with Gasteiger partial charge in [-0.2, -0.15) is 0 Å². The zero-order valence-electron chi connectivity index (χ0n) is 10.7. The van der Waals surface area contributed by atoms with Gasteiger partial charge >= 0.3 is 0 Å². The van der Waals surface area contributed by atoms with Crippen LogP contribution in [0, 0.1) is 0 Å². The Balaban J connectivity index is 1.85. The van der Waals surface area contributed by atoms with Gasteiger partial charge in [-0.05, 0) is 25.1 Å². The average Bonchev–Trinajstić information content (AvgIpc) is 2.38. The molecular weight excluding hydrogens is 214 g/mol. The minimum Gasteiger partial charge on any atom is -0.491 e. The maximum absolute atomic E-state index is 5.51. The first kappa shape index (κ1) is 14.0. The van der Waals surface area contributed by atoms with Gasteiger partial charge in [0.1, 0.15) is 12.4 Å². The Morgan fingerprint density at radius 2 is 1.82 bits per heavy atom. The first-order valence-electron chi connectivity index (χ1n) is 6.40. The van der Waals surface area contributed by atoms with Gasteiger partial charge in [-0.3, -0.25) is 0 Å². The third kappa shape index (κ3) is 7.77. The van der Waals surface area contributed by atoms with Crippen molar-refractivity contribution in [3.05, 3.63) is 30.3 Å². The molecule has 17 heavy (non-hydrogen) atoms. The third-order valence-electron chi connectivity index (χ3n) is 2.37. The van der Waals surface area contributed by atoms with Crippen LogP contribution in [0.5, 0.6) is 5.75 Å². The van der Waals surface area contributed by atoms with Crippen LogP contribution in [0.25, 0.3) is 0 Å². The van der Waals surface area contributed by atoms with E-state index >= 15 is 0 Å². The first-order valence-corrected chi connectivity index (χ1v) is 6.40. The molecule has 1 aromatic rings. The summed E-state index contributed by atoms with van der Waals surface area (Å²) in [6.45, 7) is 6.20. The first-order chi connectivity index (χ1) is 8.43. The molecule has 1 rings (SSSR count). The summed E-state index contributed by atoms with van der Waals surface area (Å²) in [5, 5.41) is 3.33. The van der Waals surface area contributed by atoms with Gasteiger partial charge in [0.2, 0.25) is 0 Å². The summed E-state index contributed by atoms with van der Waals surface area (Å²) < 4.78 is 11.0. The maximum Gasteiger partial charge on any atom is 0.119 e. The molecule has 0 aliphatic carbocycles. The van der Waals surface area contributed by atoms with E-state index in [1.54, 1.807) is 0 Å². The van der Waals surface area contributed by atoms with Crippen molar-refractivity contribution in [3.8, 4) is 5.75 Å². The summed E-state index contributed by atoms with van der Waals surface area (Å²) in [6, 6.07) is 9.81. The molecule has 0 aromatic heterocycles. The lowest BCUT2D eigenvalue weighted by Gasteiger charge is -2.07. The number of nitrogens with one attached hydrogen (secondary N) is 1. The number of hydrogen-bond acceptors (Lipinski definition) is 3. The molecule has 0 saturated heterocycles. The van der Waals surface area contributed by atoms with E-state index in [0.717, 1.165) is 25.4 Å². The Bertz CT molecular complexity index is 264. The molecule has 0 fully saturated rings. The number of para-hydroxylation sites is 1. The lowest BCUT2D eigenvalue weighted by atomic mass is 10.3. The molecule has 0 spiro atoms. The molecule has 0 amide bonds. The number of hydrogen-bond donors (Lipinski definition) is 1. The normalized spacial score (nSPS) is 10.4. The molecule has 1 aromatic carbocycles. The minimum absolute atomic E-state index is 0.610. The monoisotopic (exact) mass is 237 g/mol. The molecule has 0 bridgehead atoms. The molecule has 0 atom stereocenters. The van der Waals surface area contributed by atoms with Crippen molar-refractivity contribution in [2.24, 2.45) is 0 Å². The van der Waals surface area contributed by atoms with Crippen molar-refractivity contribution >= 4 is 0 Å². The van der Waals surface area contributed by atoms with Crippen LogP contribution in [0.2, 0.25) is 0 Å². The number of ether oxygens (including phenoxy) is 2. The van der Waals surface area contributed by atoms with Crippen LogP contribution in [0.4, 0.5) is 0 Å². The molecule has 3 nitrogen and oxygen atoms in total. The SMILES string of the molecule is CCCCNCCOCCOc1ccccc1. The van der Waals surface area contributed by atoms with Crippen molar-refractivity contribution in [2.45, 2.75) is 19.8 Å². The number of rotatable bonds is 10. The van der Waals surface area contributed by atoms with Gasteiger partial charge in [-0.1, -0.05) is 31.5 Å². The lowest BCUT2D eigenvalue weighted by Crippen LogP contribution is -2.21. The van der Waals surface area contributed by atoms with E-state index in [9.17, 15) is 0 Å². The molecule has 3 heteroatoms. The summed E-state index contributed by atoms with van der Waals surface area (Å²) in [4.78, 5) is 0. The van der Waals surface area contributed by atoms with Crippen molar-refractivity contribution < 1.29 is 9.47 Å². The number of benzene rings is 1. The van der Waals surface area contributed by atoms with Crippen LogP contribution in [0.15, 0.2) is 30.3 Å². The summed E-state index contributed by atoms with van der Waals surface area (Å²) in [7, 11) is 0. The van der Waals surface area contributed by atoms with E-state index in [2.05, 4.69) is 12.2 Å². The summed E-state index contributed by atoms with van der Waals surface area (Å²) in [6.07, 6.45) is 2.47. The Morgan fingerprint density at radius 3 is 2.59 bits per heavy atom. The van der Waals surface area contributed by atoms with Gasteiger partial charge in [0.15, 0.2) is 0 Å². The molecule has 0 saturated carbocycles. The summed E-state index contributed by atoms with van der Waals surface area (Å²) in [5.41, 5.74) is 0. The Labute approximate surface area is 104 Å². The molecule has 0 heterocycles. The highest BCUT2D eigenvalue weighted by molar-refractivity contribution is 5.20. The zero-order chi connectivity index (χ0) is 12.2. The van der Waals surface area contributed by atoms with E-state index in [1.807, 2.05) is 30.3 Å². The predicted octanol–water partition coefficient (Wildman–Crippen LogP) is 2.47. The fourth-order valence-electron chi connectivity index (χ4n) is 1.41. The van der Waals surface area contributed by atoms with Crippen LogP contribution in [-0.2, 0) is 4.74 Å². The second-order valence-corrected chi connectivity index (χ2v) is 3.88. The van der Waals surface area contributed by atoms with Gasteiger partial charge in [0.25, 0.3) is 0 Å². The lowest BCUT2D eigenvalue weighted by molar-refractivity contribution is 0.102. The molecule has 0 radical (unpaired) electrons. The van der Waals surface area contributed by atoms with Crippen LogP contribution in [0.3, 0.4) is 0 Å². The molecule has 0 aliphatic rings. The fourth-order valence-corrected chi connectivity index (χ4v) is 1.41. The van der Waals surface area contributed by atoms with Crippen LogP contribution >= 0.6 is 0 Å². The van der Waals surface area contributed by atoms with E-state index < -0.39 is 0 Å². The van der Waals surface area contributed by atoms with Gasteiger partial charge in [-0.15, -0.1) is 0 Å². The topological polar surface area (TPSA) is 30.5 Å². The van der Waals surface area contributed by atoms with Gasteiger partial charge in [0.05, 0.1) is 13.2 Å². The van der Waals surface area contributed by atoms with Crippen molar-refractivity contribution in [1.82, 2.24) is 5.32 Å². The second kappa shape index (κ2) is 10.1. The molecule has 0 unspecified atom stereocenters. The van der Waals surface area contributed by atoms with E-state index in [0.29, 0.717) is 13.2 Å². The highest BCUT2D eigenvalue weighted by Gasteiger charge is 1.92. The Hall–Kier alpha value is -1.06. The highest BCUT2D eigenvalue weighted by Crippen LogP contribution is 2.07. The second-order valence-electron chi connectivity index (χ2n) is 3.88. The van der Waals surface area contributed by atoms with Crippen molar-refractivity contribution in [1.29, 1.82) is 0 Å². The van der Waals surface area contributed by atoms with Crippen molar-refractivity contribution in [2.75, 3.05) is 32.9 Å². The molecular formula is C14H23NO2. The maximum atomic E-state index is 5.51. The van der Waals surface area contributed by atoms with E-state index in [4.69, 9.17) is 9.47 Å². The molecule has 0 aliphatic heterocycles. The van der Waals surface area contributed by atoms with Crippen LogP contribution in [-0.4, -0.2) is 32.9 Å².